The van der Waals surface area contributed by atoms with Gasteiger partial charge in [0.2, 0.25) is 0 Å². The monoisotopic (exact) mass is 481 g/mol. The normalized spacial score (nSPS) is 25.4. The third-order valence-corrected chi connectivity index (χ3v) is 7.47. The molecule has 3 aliphatic rings. The van der Waals surface area contributed by atoms with Gasteiger partial charge in [-0.2, -0.15) is 0 Å². The van der Waals surface area contributed by atoms with Crippen LogP contribution in [-0.2, 0) is 23.9 Å². The van der Waals surface area contributed by atoms with E-state index in [4.69, 9.17) is 14.2 Å². The maximum Gasteiger partial charge on any atom is 0.337 e. The summed E-state index contributed by atoms with van der Waals surface area (Å²) < 4.78 is 16.4. The zero-order valence-electron chi connectivity index (χ0n) is 21.0. The Morgan fingerprint density at radius 1 is 1.06 bits per heavy atom. The molecule has 3 atom stereocenters. The Balaban J connectivity index is 1.78. The molecule has 1 aromatic carbocycles. The third kappa shape index (κ3) is 5.00. The molecule has 1 N–H and O–H groups in total. The molecule has 0 unspecified atom stereocenters. The number of dihydropyridines is 1. The van der Waals surface area contributed by atoms with Gasteiger partial charge in [-0.3, -0.25) is 9.59 Å². The zero-order valence-corrected chi connectivity index (χ0v) is 21.0. The van der Waals surface area contributed by atoms with Gasteiger partial charge in [-0.05, 0) is 62.6 Å². The van der Waals surface area contributed by atoms with Gasteiger partial charge < -0.3 is 19.5 Å². The SMILES string of the molecule is COC(=O)[C@H]1C(=O)C2=C(C[C@@H]1C)NC(C)=C(C(=O)OC1CCCCCC1)[C@@H]2c1cccc(OC)c1. The van der Waals surface area contributed by atoms with E-state index in [1.807, 2.05) is 38.1 Å². The van der Waals surface area contributed by atoms with Crippen molar-refractivity contribution in [3.63, 3.8) is 0 Å². The maximum absolute atomic E-state index is 13.8. The fourth-order valence-corrected chi connectivity index (χ4v) is 5.68. The van der Waals surface area contributed by atoms with Gasteiger partial charge in [-0.15, -0.1) is 0 Å². The first-order valence-corrected chi connectivity index (χ1v) is 12.5. The molecular weight excluding hydrogens is 446 g/mol. The number of rotatable bonds is 5. The van der Waals surface area contributed by atoms with E-state index >= 15 is 0 Å². The van der Waals surface area contributed by atoms with Crippen LogP contribution in [0.2, 0.25) is 0 Å². The average Bonchev–Trinajstić information content (AvgIpc) is 3.11. The van der Waals surface area contributed by atoms with Crippen LogP contribution in [0, 0.1) is 11.8 Å². The van der Waals surface area contributed by atoms with Crippen molar-refractivity contribution in [3.05, 3.63) is 52.4 Å². The first kappa shape index (κ1) is 25.0. The highest BCUT2D eigenvalue weighted by Gasteiger charge is 2.47. The van der Waals surface area contributed by atoms with Gasteiger partial charge in [-0.25, -0.2) is 4.79 Å². The second-order valence-corrected chi connectivity index (χ2v) is 9.83. The molecule has 0 amide bonds. The van der Waals surface area contributed by atoms with Gasteiger partial charge in [-0.1, -0.05) is 31.9 Å². The largest absolute Gasteiger partial charge is 0.497 e. The van der Waals surface area contributed by atoms with E-state index in [0.717, 1.165) is 49.8 Å². The Morgan fingerprint density at radius 3 is 2.43 bits per heavy atom. The fourth-order valence-electron chi connectivity index (χ4n) is 5.68. The number of methoxy groups -OCH3 is 2. The topological polar surface area (TPSA) is 90.9 Å². The van der Waals surface area contributed by atoms with Gasteiger partial charge in [0.15, 0.2) is 5.78 Å². The molecule has 1 heterocycles. The van der Waals surface area contributed by atoms with Crippen LogP contribution in [0.15, 0.2) is 46.8 Å². The third-order valence-electron chi connectivity index (χ3n) is 7.47. The minimum Gasteiger partial charge on any atom is -0.497 e. The molecule has 0 radical (unpaired) electrons. The summed E-state index contributed by atoms with van der Waals surface area (Å²) in [5, 5.41) is 3.32. The number of Topliss-reactive ketones (excluding diaryl/α,β-unsaturated/α-hetero) is 1. The van der Waals surface area contributed by atoms with Crippen LogP contribution in [0.3, 0.4) is 0 Å². The van der Waals surface area contributed by atoms with Gasteiger partial charge in [0, 0.05) is 22.9 Å². The number of carbonyl (C=O) groups excluding carboxylic acids is 3. The number of ether oxygens (including phenoxy) is 3. The quantitative estimate of drug-likeness (QED) is 0.374. The molecule has 0 aromatic heterocycles. The van der Waals surface area contributed by atoms with E-state index in [0.29, 0.717) is 29.0 Å². The molecular formula is C28H35NO6. The number of allylic oxidation sites excluding steroid dienone is 3. The van der Waals surface area contributed by atoms with Crippen molar-refractivity contribution >= 4 is 17.7 Å². The first-order chi connectivity index (χ1) is 16.8. The van der Waals surface area contributed by atoms with Crippen molar-refractivity contribution in [2.45, 2.75) is 70.8 Å². The highest BCUT2D eigenvalue weighted by atomic mass is 16.5. The van der Waals surface area contributed by atoms with E-state index in [-0.39, 0.29) is 17.8 Å². The summed E-state index contributed by atoms with van der Waals surface area (Å²) in [6.45, 7) is 3.72. The van der Waals surface area contributed by atoms with E-state index < -0.39 is 23.8 Å². The van der Waals surface area contributed by atoms with Crippen molar-refractivity contribution in [2.24, 2.45) is 11.8 Å². The highest BCUT2D eigenvalue weighted by Crippen LogP contribution is 2.46. The molecule has 1 saturated carbocycles. The predicted molar refractivity (Wildman–Crippen MR) is 130 cm³/mol. The highest BCUT2D eigenvalue weighted by molar-refractivity contribution is 6.12. The smallest absolute Gasteiger partial charge is 0.337 e. The predicted octanol–water partition coefficient (Wildman–Crippen LogP) is 4.57. The van der Waals surface area contributed by atoms with Crippen LogP contribution in [0.5, 0.6) is 5.75 Å². The fraction of sp³-hybridized carbons (Fsp3) is 0.536. The lowest BCUT2D eigenvalue weighted by molar-refractivity contribution is -0.151. The summed E-state index contributed by atoms with van der Waals surface area (Å²) in [5.41, 5.74) is 3.01. The molecule has 4 rings (SSSR count). The molecule has 7 nitrogen and oxygen atoms in total. The van der Waals surface area contributed by atoms with Crippen molar-refractivity contribution in [1.82, 2.24) is 5.32 Å². The first-order valence-electron chi connectivity index (χ1n) is 12.5. The number of carbonyl (C=O) groups is 3. The summed E-state index contributed by atoms with van der Waals surface area (Å²) in [5.74, 6) is -2.44. The van der Waals surface area contributed by atoms with Crippen LogP contribution in [0.1, 0.15) is 70.3 Å². The number of nitrogens with one attached hydrogen (secondary N) is 1. The lowest BCUT2D eigenvalue weighted by Gasteiger charge is -2.38. The number of benzene rings is 1. The van der Waals surface area contributed by atoms with Crippen molar-refractivity contribution in [1.29, 1.82) is 0 Å². The Kier molecular flexibility index (Phi) is 7.63. The summed E-state index contributed by atoms with van der Waals surface area (Å²) in [6, 6.07) is 7.38. The minimum absolute atomic E-state index is 0.128. The molecule has 0 saturated heterocycles. The summed E-state index contributed by atoms with van der Waals surface area (Å²) in [7, 11) is 2.87. The Bertz CT molecular complexity index is 1060. The number of ketones is 1. The van der Waals surface area contributed by atoms with Crippen molar-refractivity contribution < 1.29 is 28.6 Å². The van der Waals surface area contributed by atoms with E-state index in [2.05, 4.69) is 5.32 Å². The minimum atomic E-state index is -0.911. The second kappa shape index (κ2) is 10.7. The van der Waals surface area contributed by atoms with Crippen LogP contribution in [0.4, 0.5) is 0 Å². The van der Waals surface area contributed by atoms with Crippen molar-refractivity contribution in [3.8, 4) is 5.75 Å². The van der Waals surface area contributed by atoms with Crippen LogP contribution < -0.4 is 10.1 Å². The maximum atomic E-state index is 13.8. The Labute approximate surface area is 206 Å². The summed E-state index contributed by atoms with van der Waals surface area (Å²) in [4.78, 5) is 40.1. The molecule has 188 valence electrons. The van der Waals surface area contributed by atoms with Crippen LogP contribution >= 0.6 is 0 Å². The van der Waals surface area contributed by atoms with Gasteiger partial charge in [0.25, 0.3) is 0 Å². The molecule has 2 aliphatic carbocycles. The summed E-state index contributed by atoms with van der Waals surface area (Å²) >= 11 is 0. The number of hydrogen-bond acceptors (Lipinski definition) is 7. The Hall–Kier alpha value is -3.09. The lowest BCUT2D eigenvalue weighted by atomic mass is 9.69. The van der Waals surface area contributed by atoms with Gasteiger partial charge in [0.1, 0.15) is 17.8 Å². The van der Waals surface area contributed by atoms with E-state index in [9.17, 15) is 14.4 Å². The molecule has 35 heavy (non-hydrogen) atoms. The van der Waals surface area contributed by atoms with E-state index in [1.54, 1.807) is 7.11 Å². The standard InChI is InChI=1S/C28H35NO6/c1-16-14-21-25(26(30)22(16)27(31)34-4)24(18-10-9-13-20(15-18)33-3)23(17(2)29-21)28(32)35-19-11-7-5-6-8-12-19/h9-10,13,15-16,19,22,24,29H,5-8,11-12,14H2,1-4H3/t16-,22+,24-/m0/s1. The molecule has 7 heteroatoms. The molecule has 1 aliphatic heterocycles. The molecule has 1 aromatic rings. The Morgan fingerprint density at radius 2 is 1.77 bits per heavy atom. The van der Waals surface area contributed by atoms with Gasteiger partial charge >= 0.3 is 11.9 Å². The van der Waals surface area contributed by atoms with E-state index in [1.165, 1.54) is 7.11 Å². The van der Waals surface area contributed by atoms with Crippen LogP contribution in [-0.4, -0.2) is 38.0 Å². The van der Waals surface area contributed by atoms with Gasteiger partial charge in [0.05, 0.1) is 19.8 Å². The second-order valence-electron chi connectivity index (χ2n) is 9.83. The molecule has 0 bridgehead atoms. The molecule has 1 fully saturated rings. The summed E-state index contributed by atoms with van der Waals surface area (Å²) in [6.07, 6.45) is 6.47. The molecule has 0 spiro atoms. The number of hydrogen-bond donors (Lipinski definition) is 1. The number of esters is 2. The zero-order chi connectivity index (χ0) is 25.1. The average molecular weight is 482 g/mol. The van der Waals surface area contributed by atoms with Crippen molar-refractivity contribution in [2.75, 3.05) is 14.2 Å². The lowest BCUT2D eigenvalue weighted by Crippen LogP contribution is -2.43. The van der Waals surface area contributed by atoms with Crippen LogP contribution in [0.25, 0.3) is 0 Å².